The molecule has 0 atom stereocenters. The Morgan fingerprint density at radius 2 is 1.94 bits per heavy atom. The summed E-state index contributed by atoms with van der Waals surface area (Å²) in [6.07, 6.45) is 0.852. The van der Waals surface area contributed by atoms with Crippen LogP contribution in [-0.2, 0) is 11.2 Å². The van der Waals surface area contributed by atoms with E-state index in [9.17, 15) is 4.79 Å². The van der Waals surface area contributed by atoms with Crippen LogP contribution in [0.1, 0.15) is 12.5 Å². The third-order valence-corrected chi connectivity index (χ3v) is 2.96. The van der Waals surface area contributed by atoms with Gasteiger partial charge in [0, 0.05) is 12.7 Å². The van der Waals surface area contributed by atoms with E-state index in [1.165, 1.54) is 11.8 Å². The zero-order chi connectivity index (χ0) is 12.0. The maximum atomic E-state index is 10.8. The van der Waals surface area contributed by atoms with Gasteiger partial charge in [-0.3, -0.25) is 4.79 Å². The van der Waals surface area contributed by atoms with Crippen molar-refractivity contribution in [2.24, 2.45) is 0 Å². The lowest BCUT2D eigenvalue weighted by molar-refractivity contribution is -0.109. The normalized spacial score (nSPS) is 9.94. The summed E-state index contributed by atoms with van der Waals surface area (Å²) >= 11 is 1.34. The molecule has 0 N–H and O–H groups in total. The first-order chi connectivity index (χ1) is 7.67. The largest absolute Gasteiger partial charge is 0.493 e. The minimum Gasteiger partial charge on any atom is -0.493 e. The lowest BCUT2D eigenvalue weighted by Crippen LogP contribution is -1.95. The summed E-state index contributed by atoms with van der Waals surface area (Å²) in [5.74, 6) is 2.25. The third-order valence-electron chi connectivity index (χ3n) is 2.14. The molecule has 0 aromatic heterocycles. The maximum absolute atomic E-state index is 10.8. The van der Waals surface area contributed by atoms with Crippen LogP contribution in [0.2, 0.25) is 0 Å². The first-order valence-electron chi connectivity index (χ1n) is 5.01. The van der Waals surface area contributed by atoms with E-state index in [1.807, 2.05) is 18.2 Å². The summed E-state index contributed by atoms with van der Waals surface area (Å²) in [6.45, 7) is 1.58. The van der Waals surface area contributed by atoms with Crippen molar-refractivity contribution in [2.75, 3.05) is 20.0 Å². The molecule has 0 unspecified atom stereocenters. The van der Waals surface area contributed by atoms with E-state index in [1.54, 1.807) is 21.1 Å². The van der Waals surface area contributed by atoms with Crippen LogP contribution in [0.4, 0.5) is 0 Å². The molecule has 0 aliphatic heterocycles. The predicted octanol–water partition coefficient (Wildman–Crippen LogP) is 2.53. The molecule has 4 heteroatoms. The van der Waals surface area contributed by atoms with Crippen molar-refractivity contribution >= 4 is 16.9 Å². The van der Waals surface area contributed by atoms with Crippen LogP contribution >= 0.6 is 11.8 Å². The topological polar surface area (TPSA) is 35.5 Å². The third kappa shape index (κ3) is 3.77. The van der Waals surface area contributed by atoms with Gasteiger partial charge in [0.15, 0.2) is 16.6 Å². The van der Waals surface area contributed by atoms with Crippen molar-refractivity contribution in [1.29, 1.82) is 0 Å². The van der Waals surface area contributed by atoms with Gasteiger partial charge in [-0.1, -0.05) is 17.8 Å². The average molecular weight is 240 g/mol. The SMILES string of the molecule is COc1ccc(CCSC(C)=O)cc1OC. The van der Waals surface area contributed by atoms with Gasteiger partial charge in [-0.15, -0.1) is 0 Å². The monoisotopic (exact) mass is 240 g/mol. The van der Waals surface area contributed by atoms with Crippen molar-refractivity contribution in [3.05, 3.63) is 23.8 Å². The summed E-state index contributed by atoms with van der Waals surface area (Å²) in [6, 6.07) is 5.81. The molecule has 1 aromatic rings. The summed E-state index contributed by atoms with van der Waals surface area (Å²) < 4.78 is 10.4. The molecule has 0 saturated carbocycles. The molecule has 0 saturated heterocycles. The molecule has 1 aromatic carbocycles. The van der Waals surface area contributed by atoms with Gasteiger partial charge < -0.3 is 9.47 Å². The summed E-state index contributed by atoms with van der Waals surface area (Å²) in [5, 5.41) is 0.153. The Morgan fingerprint density at radius 3 is 2.50 bits per heavy atom. The van der Waals surface area contributed by atoms with Crippen LogP contribution in [-0.4, -0.2) is 25.1 Å². The summed E-state index contributed by atoms with van der Waals surface area (Å²) in [7, 11) is 3.23. The highest BCUT2D eigenvalue weighted by atomic mass is 32.2. The lowest BCUT2D eigenvalue weighted by Gasteiger charge is -2.09. The number of methoxy groups -OCH3 is 2. The van der Waals surface area contributed by atoms with E-state index in [4.69, 9.17) is 9.47 Å². The van der Waals surface area contributed by atoms with Gasteiger partial charge >= 0.3 is 0 Å². The van der Waals surface area contributed by atoms with E-state index in [0.717, 1.165) is 29.2 Å². The smallest absolute Gasteiger partial charge is 0.185 e. The van der Waals surface area contributed by atoms with E-state index in [0.29, 0.717) is 0 Å². The van der Waals surface area contributed by atoms with E-state index < -0.39 is 0 Å². The number of benzene rings is 1. The number of aryl methyl sites for hydroxylation is 1. The fraction of sp³-hybridized carbons (Fsp3) is 0.417. The number of ether oxygens (including phenoxy) is 2. The van der Waals surface area contributed by atoms with E-state index in [2.05, 4.69) is 0 Å². The van der Waals surface area contributed by atoms with Gasteiger partial charge in [0.05, 0.1) is 14.2 Å². The molecule has 0 aliphatic carbocycles. The van der Waals surface area contributed by atoms with Crippen LogP contribution in [0.5, 0.6) is 11.5 Å². The van der Waals surface area contributed by atoms with Crippen molar-refractivity contribution in [1.82, 2.24) is 0 Å². The van der Waals surface area contributed by atoms with Crippen molar-refractivity contribution in [3.63, 3.8) is 0 Å². The molecule has 88 valence electrons. The van der Waals surface area contributed by atoms with Crippen molar-refractivity contribution in [2.45, 2.75) is 13.3 Å². The number of carbonyl (C=O) groups is 1. The molecule has 0 bridgehead atoms. The standard InChI is InChI=1S/C12H16O3S/c1-9(13)16-7-6-10-4-5-11(14-2)12(8-10)15-3/h4-5,8H,6-7H2,1-3H3. The molecule has 0 heterocycles. The minimum absolute atomic E-state index is 0.153. The fourth-order valence-corrected chi connectivity index (χ4v) is 1.97. The van der Waals surface area contributed by atoms with Crippen molar-refractivity contribution < 1.29 is 14.3 Å². The zero-order valence-corrected chi connectivity index (χ0v) is 10.6. The zero-order valence-electron chi connectivity index (χ0n) is 9.78. The molecule has 0 radical (unpaired) electrons. The number of rotatable bonds is 5. The van der Waals surface area contributed by atoms with Gasteiger partial charge in [0.1, 0.15) is 0 Å². The van der Waals surface area contributed by atoms with Gasteiger partial charge in [0.25, 0.3) is 0 Å². The molecule has 3 nitrogen and oxygen atoms in total. The quantitative estimate of drug-likeness (QED) is 0.792. The number of carbonyl (C=O) groups excluding carboxylic acids is 1. The van der Waals surface area contributed by atoms with E-state index >= 15 is 0 Å². The Balaban J connectivity index is 2.64. The van der Waals surface area contributed by atoms with E-state index in [-0.39, 0.29) is 5.12 Å². The second-order valence-electron chi connectivity index (χ2n) is 3.28. The summed E-state index contributed by atoms with van der Waals surface area (Å²) in [5.41, 5.74) is 1.14. The van der Waals surface area contributed by atoms with Crippen LogP contribution in [0.15, 0.2) is 18.2 Å². The van der Waals surface area contributed by atoms with Crippen LogP contribution < -0.4 is 9.47 Å². The van der Waals surface area contributed by atoms with Crippen LogP contribution in [0, 0.1) is 0 Å². The predicted molar refractivity (Wildman–Crippen MR) is 66.4 cm³/mol. The van der Waals surface area contributed by atoms with Crippen LogP contribution in [0.3, 0.4) is 0 Å². The molecule has 1 rings (SSSR count). The second kappa shape index (κ2) is 6.43. The van der Waals surface area contributed by atoms with Gasteiger partial charge in [0.2, 0.25) is 0 Å². The molecule has 0 aliphatic rings. The second-order valence-corrected chi connectivity index (χ2v) is 4.55. The van der Waals surface area contributed by atoms with Crippen molar-refractivity contribution in [3.8, 4) is 11.5 Å². The molecule has 0 amide bonds. The average Bonchev–Trinajstić information content (AvgIpc) is 2.28. The lowest BCUT2D eigenvalue weighted by atomic mass is 10.1. The Hall–Kier alpha value is -1.16. The first-order valence-corrected chi connectivity index (χ1v) is 6.00. The highest BCUT2D eigenvalue weighted by Gasteiger charge is 2.04. The minimum atomic E-state index is 0.153. The van der Waals surface area contributed by atoms with Crippen LogP contribution in [0.25, 0.3) is 0 Å². The molecule has 16 heavy (non-hydrogen) atoms. The number of hydrogen-bond donors (Lipinski definition) is 0. The highest BCUT2D eigenvalue weighted by molar-refractivity contribution is 8.13. The van der Waals surface area contributed by atoms with Gasteiger partial charge in [-0.2, -0.15) is 0 Å². The Morgan fingerprint density at radius 1 is 1.25 bits per heavy atom. The van der Waals surface area contributed by atoms with Gasteiger partial charge in [-0.05, 0) is 24.1 Å². The molecular weight excluding hydrogens is 224 g/mol. The summed E-state index contributed by atoms with van der Waals surface area (Å²) in [4.78, 5) is 10.8. The highest BCUT2D eigenvalue weighted by Crippen LogP contribution is 2.27. The Bertz CT molecular complexity index is 363. The Labute approximate surface area is 100 Å². The number of hydrogen-bond acceptors (Lipinski definition) is 4. The Kier molecular flexibility index (Phi) is 5.19. The molecule has 0 spiro atoms. The maximum Gasteiger partial charge on any atom is 0.185 e. The van der Waals surface area contributed by atoms with Gasteiger partial charge in [-0.25, -0.2) is 0 Å². The molecule has 0 fully saturated rings. The fourth-order valence-electron chi connectivity index (χ4n) is 1.35. The number of thioether (sulfide) groups is 1. The molecular formula is C12H16O3S. The first kappa shape index (κ1) is 12.9.